The van der Waals surface area contributed by atoms with Gasteiger partial charge < -0.3 is 11.1 Å². The van der Waals surface area contributed by atoms with E-state index in [9.17, 15) is 4.79 Å². The molecule has 0 atom stereocenters. The summed E-state index contributed by atoms with van der Waals surface area (Å²) in [7, 11) is 0. The van der Waals surface area contributed by atoms with Crippen molar-refractivity contribution in [2.24, 2.45) is 0 Å². The molecule has 0 unspecified atom stereocenters. The van der Waals surface area contributed by atoms with Gasteiger partial charge in [-0.15, -0.1) is 22.7 Å². The highest BCUT2D eigenvalue weighted by atomic mass is 32.1. The van der Waals surface area contributed by atoms with E-state index in [0.29, 0.717) is 11.4 Å². The number of nitrogens with one attached hydrogen (secondary N) is 1. The summed E-state index contributed by atoms with van der Waals surface area (Å²) < 4.78 is 0. The summed E-state index contributed by atoms with van der Waals surface area (Å²) in [6.45, 7) is 0.604. The first-order valence-electron chi connectivity index (χ1n) is 8.14. The molecule has 0 aliphatic heterocycles. The van der Waals surface area contributed by atoms with Crippen LogP contribution >= 0.6 is 22.7 Å². The van der Waals surface area contributed by atoms with Gasteiger partial charge in [-0.05, 0) is 23.9 Å². The second-order valence-corrected chi connectivity index (χ2v) is 7.77. The standard InChI is InChI=1S/C19H16N4OS2/c20-19-22-16(12-5-2-1-3-6-12)14-11-15(26-18(14)23-19)17(24)21-9-8-13-7-4-10-25-13/h1-7,10-11H,8-9H2,(H,21,24)(H2,20,22,23). The molecule has 4 rings (SSSR count). The fourth-order valence-corrected chi connectivity index (χ4v) is 4.37. The van der Waals surface area contributed by atoms with Gasteiger partial charge >= 0.3 is 0 Å². The Kier molecular flexibility index (Phi) is 4.64. The largest absolute Gasteiger partial charge is 0.368 e. The van der Waals surface area contributed by atoms with Crippen molar-refractivity contribution in [2.45, 2.75) is 6.42 Å². The number of rotatable bonds is 5. The van der Waals surface area contributed by atoms with Gasteiger partial charge in [0, 0.05) is 22.4 Å². The first kappa shape index (κ1) is 16.7. The lowest BCUT2D eigenvalue weighted by molar-refractivity contribution is 0.0958. The number of aromatic nitrogens is 2. The monoisotopic (exact) mass is 380 g/mol. The third-order valence-corrected chi connectivity index (χ3v) is 5.88. The van der Waals surface area contributed by atoms with Gasteiger partial charge in [0.25, 0.3) is 5.91 Å². The van der Waals surface area contributed by atoms with Crippen LogP contribution in [0.5, 0.6) is 0 Å². The van der Waals surface area contributed by atoms with Gasteiger partial charge in [0.15, 0.2) is 0 Å². The van der Waals surface area contributed by atoms with E-state index in [0.717, 1.165) is 27.9 Å². The Labute approximate surface area is 158 Å². The first-order chi connectivity index (χ1) is 12.7. The molecule has 0 saturated carbocycles. The van der Waals surface area contributed by atoms with Crippen LogP contribution in [0.4, 0.5) is 5.95 Å². The van der Waals surface area contributed by atoms with E-state index in [1.807, 2.05) is 47.8 Å². The van der Waals surface area contributed by atoms with E-state index in [-0.39, 0.29) is 11.9 Å². The maximum atomic E-state index is 12.5. The molecule has 0 spiro atoms. The number of benzene rings is 1. The van der Waals surface area contributed by atoms with Crippen LogP contribution in [0.1, 0.15) is 14.5 Å². The van der Waals surface area contributed by atoms with Crippen molar-refractivity contribution in [1.82, 2.24) is 15.3 Å². The highest BCUT2D eigenvalue weighted by Crippen LogP contribution is 2.32. The molecular weight excluding hydrogens is 364 g/mol. The number of fused-ring (bicyclic) bond motifs is 1. The smallest absolute Gasteiger partial charge is 0.261 e. The molecule has 0 aliphatic carbocycles. The van der Waals surface area contributed by atoms with Crippen molar-refractivity contribution in [3.8, 4) is 11.3 Å². The summed E-state index contributed by atoms with van der Waals surface area (Å²) in [5.74, 6) is 0.116. The molecule has 3 N–H and O–H groups in total. The molecule has 0 fully saturated rings. The van der Waals surface area contributed by atoms with Crippen LogP contribution in [0.3, 0.4) is 0 Å². The molecule has 0 aliphatic rings. The zero-order valence-corrected chi connectivity index (χ0v) is 15.4. The van der Waals surface area contributed by atoms with Crippen LogP contribution in [0.15, 0.2) is 53.9 Å². The Hall–Kier alpha value is -2.77. The van der Waals surface area contributed by atoms with Crippen molar-refractivity contribution >= 4 is 44.7 Å². The summed E-state index contributed by atoms with van der Waals surface area (Å²) in [6, 6.07) is 15.7. The molecule has 0 bridgehead atoms. The fourth-order valence-electron chi connectivity index (χ4n) is 2.71. The molecular formula is C19H16N4OS2. The number of nitrogens with zero attached hydrogens (tertiary/aromatic N) is 2. The van der Waals surface area contributed by atoms with Crippen LogP contribution in [0.25, 0.3) is 21.5 Å². The SMILES string of the molecule is Nc1nc(-c2ccccc2)c2cc(C(=O)NCCc3cccs3)sc2n1. The van der Waals surface area contributed by atoms with Gasteiger partial charge in [-0.3, -0.25) is 4.79 Å². The third-order valence-electron chi connectivity index (χ3n) is 3.92. The molecule has 1 aromatic carbocycles. The number of hydrogen-bond donors (Lipinski definition) is 2. The summed E-state index contributed by atoms with van der Waals surface area (Å²) in [6.07, 6.45) is 0.830. The summed E-state index contributed by atoms with van der Waals surface area (Å²) in [5.41, 5.74) is 7.57. The molecule has 0 saturated heterocycles. The molecule has 7 heteroatoms. The number of anilines is 1. The van der Waals surface area contributed by atoms with Gasteiger partial charge in [0.2, 0.25) is 5.95 Å². The summed E-state index contributed by atoms with van der Waals surface area (Å²) in [5, 5.41) is 5.86. The molecule has 130 valence electrons. The van der Waals surface area contributed by atoms with Gasteiger partial charge in [0.1, 0.15) is 4.83 Å². The molecule has 26 heavy (non-hydrogen) atoms. The summed E-state index contributed by atoms with van der Waals surface area (Å²) >= 11 is 3.03. The highest BCUT2D eigenvalue weighted by Gasteiger charge is 2.16. The average molecular weight is 380 g/mol. The lowest BCUT2D eigenvalue weighted by atomic mass is 10.1. The van der Waals surface area contributed by atoms with Gasteiger partial charge in [-0.2, -0.15) is 0 Å². The van der Waals surface area contributed by atoms with Crippen molar-refractivity contribution in [1.29, 1.82) is 0 Å². The number of thiophene rings is 2. The van der Waals surface area contributed by atoms with Crippen molar-refractivity contribution < 1.29 is 4.79 Å². The van der Waals surface area contributed by atoms with E-state index in [1.165, 1.54) is 16.2 Å². The number of hydrogen-bond acceptors (Lipinski definition) is 6. The minimum absolute atomic E-state index is 0.0952. The van der Waals surface area contributed by atoms with Crippen molar-refractivity contribution in [3.05, 3.63) is 63.7 Å². The number of carbonyl (C=O) groups is 1. The van der Waals surface area contributed by atoms with Crippen LogP contribution < -0.4 is 11.1 Å². The predicted molar refractivity (Wildman–Crippen MR) is 108 cm³/mol. The molecule has 0 radical (unpaired) electrons. The number of amides is 1. The van der Waals surface area contributed by atoms with Crippen LogP contribution in [-0.4, -0.2) is 22.4 Å². The maximum Gasteiger partial charge on any atom is 0.261 e. The predicted octanol–water partition coefficient (Wildman–Crippen LogP) is 3.97. The van der Waals surface area contributed by atoms with Gasteiger partial charge in [0.05, 0.1) is 10.6 Å². The van der Waals surface area contributed by atoms with Crippen LogP contribution in [0.2, 0.25) is 0 Å². The van der Waals surface area contributed by atoms with Crippen LogP contribution in [-0.2, 0) is 6.42 Å². The highest BCUT2D eigenvalue weighted by molar-refractivity contribution is 7.20. The quantitative estimate of drug-likeness (QED) is 0.549. The zero-order chi connectivity index (χ0) is 17.9. The molecule has 4 aromatic rings. The third kappa shape index (κ3) is 3.44. The Morgan fingerprint density at radius 1 is 1.12 bits per heavy atom. The Bertz CT molecular complexity index is 1040. The minimum Gasteiger partial charge on any atom is -0.368 e. The molecule has 5 nitrogen and oxygen atoms in total. The Morgan fingerprint density at radius 2 is 1.96 bits per heavy atom. The first-order valence-corrected chi connectivity index (χ1v) is 9.83. The minimum atomic E-state index is -0.0952. The van der Waals surface area contributed by atoms with E-state index < -0.39 is 0 Å². The Morgan fingerprint density at radius 3 is 2.73 bits per heavy atom. The number of carbonyl (C=O) groups excluding carboxylic acids is 1. The molecule has 3 aromatic heterocycles. The second-order valence-electron chi connectivity index (χ2n) is 5.71. The maximum absolute atomic E-state index is 12.5. The fraction of sp³-hybridized carbons (Fsp3) is 0.105. The van der Waals surface area contributed by atoms with Gasteiger partial charge in [-0.1, -0.05) is 36.4 Å². The van der Waals surface area contributed by atoms with E-state index in [4.69, 9.17) is 5.73 Å². The average Bonchev–Trinajstić information content (AvgIpc) is 3.31. The lowest BCUT2D eigenvalue weighted by Gasteiger charge is -2.03. The van der Waals surface area contributed by atoms with E-state index >= 15 is 0 Å². The lowest BCUT2D eigenvalue weighted by Crippen LogP contribution is -2.24. The van der Waals surface area contributed by atoms with Crippen molar-refractivity contribution in [3.63, 3.8) is 0 Å². The Balaban J connectivity index is 1.60. The number of nitrogens with two attached hydrogens (primary N) is 1. The zero-order valence-electron chi connectivity index (χ0n) is 13.8. The normalized spacial score (nSPS) is 10.9. The van der Waals surface area contributed by atoms with Crippen molar-refractivity contribution in [2.75, 3.05) is 12.3 Å². The number of nitrogen functional groups attached to an aromatic ring is 1. The topological polar surface area (TPSA) is 80.9 Å². The van der Waals surface area contributed by atoms with E-state index in [2.05, 4.69) is 21.4 Å². The van der Waals surface area contributed by atoms with E-state index in [1.54, 1.807) is 11.3 Å². The summed E-state index contributed by atoms with van der Waals surface area (Å²) in [4.78, 5) is 23.8. The second kappa shape index (κ2) is 7.23. The molecule has 3 heterocycles. The van der Waals surface area contributed by atoms with Gasteiger partial charge in [-0.25, -0.2) is 9.97 Å². The van der Waals surface area contributed by atoms with Crippen LogP contribution in [0, 0.1) is 0 Å². The molecule has 1 amide bonds.